The van der Waals surface area contributed by atoms with Gasteiger partial charge in [0.1, 0.15) is 6.26 Å². The zero-order valence-corrected chi connectivity index (χ0v) is 11.0. The van der Waals surface area contributed by atoms with Crippen LogP contribution in [-0.4, -0.2) is 23.0 Å². The minimum atomic E-state index is -0.303. The van der Waals surface area contributed by atoms with E-state index < -0.39 is 0 Å². The van der Waals surface area contributed by atoms with Gasteiger partial charge >= 0.3 is 5.97 Å². The topological polar surface area (TPSA) is 81.8 Å². The fourth-order valence-corrected chi connectivity index (χ4v) is 1.94. The molecule has 1 unspecified atom stereocenters. The van der Waals surface area contributed by atoms with Gasteiger partial charge in [0, 0.05) is 12.0 Å². The molecule has 0 saturated heterocycles. The molecule has 0 spiro atoms. The van der Waals surface area contributed by atoms with Crippen LogP contribution in [0.2, 0.25) is 0 Å². The summed E-state index contributed by atoms with van der Waals surface area (Å²) in [6.07, 6.45) is 1.62. The van der Waals surface area contributed by atoms with Crippen molar-refractivity contribution in [3.05, 3.63) is 47.9 Å². The normalized spacial score (nSPS) is 11.9. The number of rotatable bonds is 6. The van der Waals surface area contributed by atoms with Crippen molar-refractivity contribution in [1.82, 2.24) is 5.16 Å². The largest absolute Gasteiger partial charge is 0.466 e. The average Bonchev–Trinajstić information content (AvgIpc) is 2.99. The lowest BCUT2D eigenvalue weighted by Crippen LogP contribution is -2.12. The van der Waals surface area contributed by atoms with Crippen molar-refractivity contribution in [1.29, 1.82) is 0 Å². The fraction of sp³-hybridized carbons (Fsp3) is 0.286. The van der Waals surface area contributed by atoms with Crippen molar-refractivity contribution >= 4 is 5.97 Å². The number of nitrogens with zero attached hydrogens (tertiary/aromatic N) is 1. The lowest BCUT2D eigenvalue weighted by atomic mass is 9.92. The Bertz CT molecular complexity index is 535. The molecule has 0 saturated carbocycles. The number of benzene rings is 1. The SMILES string of the molecule is CCOC(=O)CC(c1ccc(OO)cc1)c1ccon1. The van der Waals surface area contributed by atoms with E-state index in [1.165, 1.54) is 6.26 Å². The van der Waals surface area contributed by atoms with Crippen LogP contribution in [0.15, 0.2) is 41.1 Å². The first-order chi connectivity index (χ1) is 9.74. The molecule has 0 aliphatic heterocycles. The maximum absolute atomic E-state index is 11.7. The molecule has 106 valence electrons. The van der Waals surface area contributed by atoms with Crippen LogP contribution in [0.5, 0.6) is 5.75 Å². The van der Waals surface area contributed by atoms with Crippen LogP contribution in [0.4, 0.5) is 0 Å². The molecular weight excluding hydrogens is 262 g/mol. The summed E-state index contributed by atoms with van der Waals surface area (Å²) in [6.45, 7) is 2.10. The molecule has 2 rings (SSSR count). The second-order valence-corrected chi connectivity index (χ2v) is 4.15. The number of ether oxygens (including phenoxy) is 1. The number of hydrogen-bond donors (Lipinski definition) is 1. The standard InChI is InChI=1S/C14H15NO5/c1-2-18-14(16)9-12(13-7-8-19-15-13)10-3-5-11(20-17)6-4-10/h3-8,12,17H,2,9H2,1H3. The maximum Gasteiger partial charge on any atom is 0.306 e. The molecule has 2 aromatic rings. The van der Waals surface area contributed by atoms with E-state index in [0.717, 1.165) is 5.56 Å². The monoisotopic (exact) mass is 277 g/mol. The number of carbonyl (C=O) groups is 1. The van der Waals surface area contributed by atoms with Crippen molar-refractivity contribution in [3.8, 4) is 5.75 Å². The molecule has 6 nitrogen and oxygen atoms in total. The molecule has 0 bridgehead atoms. The van der Waals surface area contributed by atoms with E-state index in [1.54, 1.807) is 37.3 Å². The predicted molar refractivity (Wildman–Crippen MR) is 69.3 cm³/mol. The highest BCUT2D eigenvalue weighted by Gasteiger charge is 2.21. The molecule has 0 radical (unpaired) electrons. The van der Waals surface area contributed by atoms with Gasteiger partial charge in [0.25, 0.3) is 0 Å². The molecule has 20 heavy (non-hydrogen) atoms. The molecule has 1 aromatic heterocycles. The van der Waals surface area contributed by atoms with Crippen molar-refractivity contribution in [3.63, 3.8) is 0 Å². The number of hydrogen-bond acceptors (Lipinski definition) is 6. The Labute approximate surface area is 115 Å². The Kier molecular flexibility index (Phi) is 4.73. The molecule has 1 aromatic carbocycles. The lowest BCUT2D eigenvalue weighted by Gasteiger charge is -2.14. The third-order valence-electron chi connectivity index (χ3n) is 2.88. The summed E-state index contributed by atoms with van der Waals surface area (Å²) < 4.78 is 9.81. The van der Waals surface area contributed by atoms with Gasteiger partial charge in [0.2, 0.25) is 0 Å². The minimum absolute atomic E-state index is 0.166. The van der Waals surface area contributed by atoms with Crippen LogP contribution in [-0.2, 0) is 9.53 Å². The van der Waals surface area contributed by atoms with E-state index in [-0.39, 0.29) is 18.3 Å². The van der Waals surface area contributed by atoms with Gasteiger partial charge in [-0.2, -0.15) is 0 Å². The predicted octanol–water partition coefficient (Wildman–Crippen LogP) is 2.61. The minimum Gasteiger partial charge on any atom is -0.466 e. The Morgan fingerprint density at radius 2 is 2.10 bits per heavy atom. The fourth-order valence-electron chi connectivity index (χ4n) is 1.94. The van der Waals surface area contributed by atoms with Crippen LogP contribution in [0.1, 0.15) is 30.5 Å². The van der Waals surface area contributed by atoms with Crippen LogP contribution >= 0.6 is 0 Å². The van der Waals surface area contributed by atoms with E-state index in [0.29, 0.717) is 18.1 Å². The van der Waals surface area contributed by atoms with Gasteiger partial charge < -0.3 is 14.1 Å². The Balaban J connectivity index is 2.23. The summed E-state index contributed by atoms with van der Waals surface area (Å²) in [7, 11) is 0. The molecule has 1 N–H and O–H groups in total. The quantitative estimate of drug-likeness (QED) is 0.496. The molecule has 0 aliphatic rings. The molecule has 1 atom stereocenters. The van der Waals surface area contributed by atoms with Gasteiger partial charge in [0.15, 0.2) is 5.75 Å². The van der Waals surface area contributed by atoms with E-state index in [9.17, 15) is 4.79 Å². The second-order valence-electron chi connectivity index (χ2n) is 4.15. The summed E-state index contributed by atoms with van der Waals surface area (Å²) in [5.74, 6) is -0.243. The number of aromatic nitrogens is 1. The Morgan fingerprint density at radius 3 is 2.65 bits per heavy atom. The molecule has 1 heterocycles. The smallest absolute Gasteiger partial charge is 0.306 e. The van der Waals surface area contributed by atoms with Crippen LogP contribution in [0.25, 0.3) is 0 Å². The molecule has 0 aliphatic carbocycles. The van der Waals surface area contributed by atoms with Crippen molar-refractivity contribution in [2.24, 2.45) is 0 Å². The van der Waals surface area contributed by atoms with Crippen molar-refractivity contribution in [2.75, 3.05) is 6.61 Å². The second kappa shape index (κ2) is 6.72. The summed E-state index contributed by atoms with van der Waals surface area (Å²) in [4.78, 5) is 15.8. The number of esters is 1. The third-order valence-corrected chi connectivity index (χ3v) is 2.88. The lowest BCUT2D eigenvalue weighted by molar-refractivity contribution is -0.143. The van der Waals surface area contributed by atoms with Gasteiger partial charge in [-0.3, -0.25) is 4.79 Å². The molecule has 6 heteroatoms. The molecule has 0 fully saturated rings. The zero-order chi connectivity index (χ0) is 14.4. The van der Waals surface area contributed by atoms with Gasteiger partial charge in [-0.15, -0.1) is 0 Å². The van der Waals surface area contributed by atoms with Gasteiger partial charge in [-0.25, -0.2) is 5.26 Å². The zero-order valence-electron chi connectivity index (χ0n) is 11.0. The third kappa shape index (κ3) is 3.36. The summed E-state index contributed by atoms with van der Waals surface area (Å²) in [5.41, 5.74) is 1.50. The first-order valence-electron chi connectivity index (χ1n) is 6.22. The van der Waals surface area contributed by atoms with E-state index in [2.05, 4.69) is 10.0 Å². The Hall–Kier alpha value is -2.34. The summed E-state index contributed by atoms with van der Waals surface area (Å²) >= 11 is 0. The average molecular weight is 277 g/mol. The molecule has 0 amide bonds. The highest BCUT2D eigenvalue weighted by atomic mass is 17.1. The summed E-state index contributed by atoms with van der Waals surface area (Å²) in [5, 5.41) is 12.5. The first-order valence-corrected chi connectivity index (χ1v) is 6.22. The van der Waals surface area contributed by atoms with Gasteiger partial charge in [-0.1, -0.05) is 17.3 Å². The van der Waals surface area contributed by atoms with E-state index in [1.807, 2.05) is 0 Å². The van der Waals surface area contributed by atoms with Crippen LogP contribution < -0.4 is 4.89 Å². The van der Waals surface area contributed by atoms with Crippen LogP contribution in [0.3, 0.4) is 0 Å². The highest BCUT2D eigenvalue weighted by Crippen LogP contribution is 2.28. The number of carbonyl (C=O) groups excluding carboxylic acids is 1. The van der Waals surface area contributed by atoms with Crippen molar-refractivity contribution < 1.29 is 24.2 Å². The van der Waals surface area contributed by atoms with E-state index >= 15 is 0 Å². The first kappa shape index (κ1) is 14.1. The Morgan fingerprint density at radius 1 is 1.35 bits per heavy atom. The summed E-state index contributed by atoms with van der Waals surface area (Å²) in [6, 6.07) is 8.43. The van der Waals surface area contributed by atoms with Gasteiger partial charge in [0.05, 0.1) is 18.7 Å². The maximum atomic E-state index is 11.7. The van der Waals surface area contributed by atoms with Crippen molar-refractivity contribution in [2.45, 2.75) is 19.3 Å². The highest BCUT2D eigenvalue weighted by molar-refractivity contribution is 5.71. The van der Waals surface area contributed by atoms with Crippen LogP contribution in [0, 0.1) is 0 Å². The molecular formula is C14H15NO5. The van der Waals surface area contributed by atoms with E-state index in [4.69, 9.17) is 14.5 Å². The van der Waals surface area contributed by atoms with Gasteiger partial charge in [-0.05, 0) is 24.6 Å².